The second-order valence-corrected chi connectivity index (χ2v) is 10.7. The Morgan fingerprint density at radius 3 is 2.16 bits per heavy atom. The number of unbranched alkanes of at least 4 members (excludes halogenated alkanes) is 1. The summed E-state index contributed by atoms with van der Waals surface area (Å²) < 4.78 is 10.6. The van der Waals surface area contributed by atoms with Crippen LogP contribution in [0.1, 0.15) is 71.6 Å². The van der Waals surface area contributed by atoms with Gasteiger partial charge in [-0.1, -0.05) is 51.5 Å². The molecule has 8 heteroatoms. The predicted molar refractivity (Wildman–Crippen MR) is 150 cm³/mol. The van der Waals surface area contributed by atoms with Crippen LogP contribution in [-0.4, -0.2) is 48.1 Å². The molecule has 0 aliphatic carbocycles. The average molecular weight is 526 g/mol. The number of aryl methyl sites for hydroxylation is 1. The highest BCUT2D eigenvalue weighted by Crippen LogP contribution is 2.28. The number of methoxy groups -OCH3 is 1. The quantitative estimate of drug-likeness (QED) is 0.383. The van der Waals surface area contributed by atoms with E-state index in [9.17, 15) is 14.4 Å². The van der Waals surface area contributed by atoms with E-state index in [2.05, 4.69) is 10.6 Å². The van der Waals surface area contributed by atoms with E-state index in [0.29, 0.717) is 24.4 Å². The van der Waals surface area contributed by atoms with Gasteiger partial charge in [0.2, 0.25) is 5.91 Å². The molecule has 38 heavy (non-hydrogen) atoms. The molecule has 2 N–H and O–H groups in total. The Labute approximate surface area is 227 Å². The Hall–Kier alpha value is -3.55. The Balaban J connectivity index is 2.50. The Bertz CT molecular complexity index is 1080. The lowest BCUT2D eigenvalue weighted by atomic mass is 9.96. The van der Waals surface area contributed by atoms with Crippen molar-refractivity contribution in [1.29, 1.82) is 0 Å². The van der Waals surface area contributed by atoms with Gasteiger partial charge in [-0.3, -0.25) is 9.59 Å². The summed E-state index contributed by atoms with van der Waals surface area (Å²) in [5.41, 5.74) is 1.49. The molecule has 0 radical (unpaired) electrons. The third-order valence-corrected chi connectivity index (χ3v) is 6.04. The van der Waals surface area contributed by atoms with Crippen LogP contribution in [0.25, 0.3) is 0 Å². The van der Waals surface area contributed by atoms with E-state index >= 15 is 0 Å². The number of benzene rings is 2. The summed E-state index contributed by atoms with van der Waals surface area (Å²) in [6, 6.07) is 12.8. The number of nitrogens with zero attached hydrogens (tertiary/aromatic N) is 1. The Morgan fingerprint density at radius 2 is 1.63 bits per heavy atom. The predicted octanol–water partition coefficient (Wildman–Crippen LogP) is 5.86. The molecule has 0 aliphatic rings. The minimum atomic E-state index is -0.904. The van der Waals surface area contributed by atoms with Gasteiger partial charge in [-0.25, -0.2) is 4.79 Å². The fraction of sp³-hybridized carbons (Fsp3) is 0.500. The van der Waals surface area contributed by atoms with Crippen molar-refractivity contribution in [2.24, 2.45) is 5.92 Å². The number of carbonyl (C=O) groups excluding carboxylic acids is 3. The van der Waals surface area contributed by atoms with Gasteiger partial charge in [0.05, 0.1) is 7.11 Å². The van der Waals surface area contributed by atoms with Gasteiger partial charge in [0.15, 0.2) is 0 Å². The maximum absolute atomic E-state index is 14.1. The number of anilines is 1. The number of hydrogen-bond acceptors (Lipinski definition) is 5. The lowest BCUT2D eigenvalue weighted by Gasteiger charge is -2.36. The van der Waals surface area contributed by atoms with E-state index in [1.54, 1.807) is 57.0 Å². The van der Waals surface area contributed by atoms with Gasteiger partial charge in [-0.15, -0.1) is 0 Å². The molecule has 0 bridgehead atoms. The van der Waals surface area contributed by atoms with E-state index in [-0.39, 0.29) is 17.7 Å². The first-order valence-corrected chi connectivity index (χ1v) is 13.2. The van der Waals surface area contributed by atoms with Crippen molar-refractivity contribution >= 4 is 23.6 Å². The lowest BCUT2D eigenvalue weighted by Crippen LogP contribution is -2.54. The number of hydrogen-bond donors (Lipinski definition) is 2. The molecule has 0 spiro atoms. The molecule has 0 heterocycles. The van der Waals surface area contributed by atoms with E-state index in [0.717, 1.165) is 17.5 Å². The second-order valence-electron chi connectivity index (χ2n) is 10.7. The van der Waals surface area contributed by atoms with Crippen molar-refractivity contribution in [3.63, 3.8) is 0 Å². The molecule has 3 amide bonds. The van der Waals surface area contributed by atoms with Crippen LogP contribution in [0.3, 0.4) is 0 Å². The van der Waals surface area contributed by atoms with Crippen LogP contribution >= 0.6 is 0 Å². The van der Waals surface area contributed by atoms with E-state index in [1.165, 1.54) is 0 Å². The van der Waals surface area contributed by atoms with Crippen molar-refractivity contribution in [3.8, 4) is 5.75 Å². The third kappa shape index (κ3) is 8.78. The fourth-order valence-electron chi connectivity index (χ4n) is 4.05. The zero-order valence-electron chi connectivity index (χ0n) is 24.0. The van der Waals surface area contributed by atoms with Crippen LogP contribution in [0.4, 0.5) is 10.5 Å². The van der Waals surface area contributed by atoms with Crippen LogP contribution in [0.5, 0.6) is 5.75 Å². The molecule has 2 rings (SSSR count). The van der Waals surface area contributed by atoms with E-state index in [4.69, 9.17) is 9.47 Å². The molecule has 0 fully saturated rings. The normalized spacial score (nSPS) is 12.9. The minimum Gasteiger partial charge on any atom is -0.497 e. The first-order valence-electron chi connectivity index (χ1n) is 13.2. The summed E-state index contributed by atoms with van der Waals surface area (Å²) in [5, 5.41) is 5.72. The monoisotopic (exact) mass is 525 g/mol. The molecule has 0 aliphatic heterocycles. The molecule has 0 aromatic heterocycles. The van der Waals surface area contributed by atoms with E-state index in [1.807, 2.05) is 52.0 Å². The molecule has 2 unspecified atom stereocenters. The highest BCUT2D eigenvalue weighted by molar-refractivity contribution is 5.99. The number of carbonyl (C=O) groups is 3. The van der Waals surface area contributed by atoms with Crippen LogP contribution in [0, 0.1) is 12.8 Å². The van der Waals surface area contributed by atoms with Gasteiger partial charge in [-0.05, 0) is 75.4 Å². The number of alkyl carbamates (subject to hydrolysis) is 1. The zero-order valence-corrected chi connectivity index (χ0v) is 24.0. The van der Waals surface area contributed by atoms with Gasteiger partial charge in [0.25, 0.3) is 5.91 Å². The molecule has 2 atom stereocenters. The van der Waals surface area contributed by atoms with Gasteiger partial charge in [0, 0.05) is 12.2 Å². The van der Waals surface area contributed by atoms with Crippen LogP contribution < -0.4 is 15.4 Å². The van der Waals surface area contributed by atoms with Gasteiger partial charge in [0.1, 0.15) is 23.4 Å². The van der Waals surface area contributed by atoms with E-state index < -0.39 is 23.8 Å². The Morgan fingerprint density at radius 1 is 1.00 bits per heavy atom. The summed E-state index contributed by atoms with van der Waals surface area (Å²) in [6.45, 7) is 13.3. The summed E-state index contributed by atoms with van der Waals surface area (Å²) in [6.07, 6.45) is 0.854. The molecule has 0 saturated heterocycles. The Kier molecular flexibility index (Phi) is 11.2. The highest BCUT2D eigenvalue weighted by atomic mass is 16.6. The molecule has 0 saturated carbocycles. The first-order chi connectivity index (χ1) is 17.9. The van der Waals surface area contributed by atoms with Crippen molar-refractivity contribution in [1.82, 2.24) is 10.2 Å². The van der Waals surface area contributed by atoms with Crippen LogP contribution in [-0.2, 0) is 14.3 Å². The number of amides is 3. The zero-order chi connectivity index (χ0) is 28.5. The molecule has 8 nitrogen and oxygen atoms in total. The number of nitrogens with one attached hydrogen (secondary N) is 2. The average Bonchev–Trinajstić information content (AvgIpc) is 2.84. The number of rotatable bonds is 11. The SMILES string of the molecule is CCCCN(C(=O)C(NC(=O)OC(C)(C)C)C(C)C)C(C(=O)Nc1ccc(OC)cc1)c1ccccc1C. The summed E-state index contributed by atoms with van der Waals surface area (Å²) >= 11 is 0. The molecular formula is C30H43N3O5. The lowest BCUT2D eigenvalue weighted by molar-refractivity contribution is -0.141. The molecule has 2 aromatic carbocycles. The van der Waals surface area contributed by atoms with Crippen molar-refractivity contribution < 1.29 is 23.9 Å². The smallest absolute Gasteiger partial charge is 0.408 e. The van der Waals surface area contributed by atoms with Gasteiger partial charge >= 0.3 is 6.09 Å². The summed E-state index contributed by atoms with van der Waals surface area (Å²) in [7, 11) is 1.58. The van der Waals surface area contributed by atoms with Crippen LogP contribution in [0.2, 0.25) is 0 Å². The summed E-state index contributed by atoms with van der Waals surface area (Å²) in [4.78, 5) is 42.2. The molecule has 208 valence electrons. The maximum atomic E-state index is 14.1. The third-order valence-electron chi connectivity index (χ3n) is 6.04. The van der Waals surface area contributed by atoms with Crippen molar-refractivity contribution in [3.05, 3.63) is 59.7 Å². The first kappa shape index (κ1) is 30.7. The maximum Gasteiger partial charge on any atom is 0.408 e. The summed E-state index contributed by atoms with van der Waals surface area (Å²) in [5.74, 6) is -0.237. The van der Waals surface area contributed by atoms with Gasteiger partial charge < -0.3 is 25.0 Å². The minimum absolute atomic E-state index is 0.235. The topological polar surface area (TPSA) is 97.0 Å². The van der Waals surface area contributed by atoms with Gasteiger partial charge in [-0.2, -0.15) is 0 Å². The highest BCUT2D eigenvalue weighted by Gasteiger charge is 2.37. The van der Waals surface area contributed by atoms with Crippen molar-refractivity contribution in [2.75, 3.05) is 19.0 Å². The van der Waals surface area contributed by atoms with Crippen molar-refractivity contribution in [2.45, 2.75) is 79.0 Å². The van der Waals surface area contributed by atoms with Crippen LogP contribution in [0.15, 0.2) is 48.5 Å². The standard InChI is InChI=1S/C30H43N3O5/c1-9-10-19-33(28(35)25(20(2)3)32-29(36)38-30(5,6)7)26(24-14-12-11-13-21(24)4)27(34)31-22-15-17-23(37-8)18-16-22/h11-18,20,25-26H,9-10,19H2,1-8H3,(H,31,34)(H,32,36). The number of ether oxygens (including phenoxy) is 2. The fourth-order valence-corrected chi connectivity index (χ4v) is 4.05. The second kappa shape index (κ2) is 13.8. The molecular weight excluding hydrogens is 482 g/mol. The molecule has 2 aromatic rings. The largest absolute Gasteiger partial charge is 0.497 e.